The van der Waals surface area contributed by atoms with Crippen LogP contribution in [0.3, 0.4) is 0 Å². The molecule has 0 saturated carbocycles. The molecule has 0 spiro atoms. The summed E-state index contributed by atoms with van der Waals surface area (Å²) in [5.74, 6) is 0. The van der Waals surface area contributed by atoms with Gasteiger partial charge in [0.2, 0.25) is 0 Å². The monoisotopic (exact) mass is 320 g/mol. The van der Waals surface area contributed by atoms with E-state index in [0.717, 1.165) is 29.4 Å². The molecule has 3 N–H and O–H groups in total. The number of aromatic amines is 1. The first-order valence-corrected chi connectivity index (χ1v) is 7.76. The van der Waals surface area contributed by atoms with E-state index in [1.54, 1.807) is 6.20 Å². The number of rotatable bonds is 4. The van der Waals surface area contributed by atoms with E-state index in [1.807, 2.05) is 30.5 Å². The number of nitrogens with zero attached hydrogens (tertiary/aromatic N) is 4. The molecular weight excluding hydrogens is 304 g/mol. The van der Waals surface area contributed by atoms with Crippen LogP contribution in [-0.4, -0.2) is 31.0 Å². The van der Waals surface area contributed by atoms with Crippen molar-refractivity contribution in [1.82, 2.24) is 24.5 Å². The van der Waals surface area contributed by atoms with E-state index in [0.29, 0.717) is 23.4 Å². The molecule has 0 aliphatic heterocycles. The van der Waals surface area contributed by atoms with Gasteiger partial charge in [0.15, 0.2) is 5.65 Å². The number of H-pyrrole nitrogens is 1. The Kier molecular flexibility index (Phi) is 3.55. The second-order valence-electron chi connectivity index (χ2n) is 5.57. The molecule has 0 atom stereocenters. The highest BCUT2D eigenvalue weighted by Gasteiger charge is 2.15. The molecule has 0 unspecified atom stereocenters. The van der Waals surface area contributed by atoms with Gasteiger partial charge in [-0.3, -0.25) is 4.79 Å². The van der Waals surface area contributed by atoms with Crippen molar-refractivity contribution >= 4 is 22.1 Å². The van der Waals surface area contributed by atoms with Crippen molar-refractivity contribution in [2.24, 2.45) is 5.73 Å². The maximum atomic E-state index is 12.5. The molecule has 3 heterocycles. The lowest BCUT2D eigenvalue weighted by molar-refractivity contribution is 0.671. The zero-order valence-electron chi connectivity index (χ0n) is 12.9. The largest absolute Gasteiger partial charge is 0.347 e. The number of nitrogens with one attached hydrogen (secondary N) is 1. The average molecular weight is 320 g/mol. The van der Waals surface area contributed by atoms with E-state index in [9.17, 15) is 4.79 Å². The van der Waals surface area contributed by atoms with Gasteiger partial charge in [-0.2, -0.15) is 0 Å². The van der Waals surface area contributed by atoms with Crippen LogP contribution in [0.25, 0.3) is 33.3 Å². The predicted octanol–water partition coefficient (Wildman–Crippen LogP) is 1.68. The minimum atomic E-state index is -0.251. The zero-order chi connectivity index (χ0) is 16.5. The number of hydrogen-bond acceptors (Lipinski definition) is 5. The van der Waals surface area contributed by atoms with Crippen LogP contribution in [0.2, 0.25) is 0 Å². The molecule has 1 aromatic carbocycles. The van der Waals surface area contributed by atoms with Gasteiger partial charge in [-0.05, 0) is 19.0 Å². The van der Waals surface area contributed by atoms with E-state index in [4.69, 9.17) is 5.73 Å². The molecule has 4 aromatic rings. The Morgan fingerprint density at radius 2 is 2.12 bits per heavy atom. The summed E-state index contributed by atoms with van der Waals surface area (Å²) in [6.07, 6.45) is 5.80. The molecule has 7 heteroatoms. The third-order valence-electron chi connectivity index (χ3n) is 4.02. The summed E-state index contributed by atoms with van der Waals surface area (Å²) in [5, 5.41) is 0.987. The van der Waals surface area contributed by atoms with Gasteiger partial charge in [-0.25, -0.2) is 15.0 Å². The molecule has 0 bridgehead atoms. The molecule has 120 valence electrons. The van der Waals surface area contributed by atoms with Gasteiger partial charge in [-0.15, -0.1) is 0 Å². The SMILES string of the molecule is NCCCn1cc(-c2nc3ncncc3[nH]c2=O)c2ccccc21. The average Bonchev–Trinajstić information content (AvgIpc) is 2.98. The Hall–Kier alpha value is -3.06. The molecule has 0 aliphatic carbocycles. The number of nitrogens with two attached hydrogens (primary N) is 1. The van der Waals surface area contributed by atoms with Crippen LogP contribution < -0.4 is 11.3 Å². The van der Waals surface area contributed by atoms with Gasteiger partial charge in [0.05, 0.1) is 6.20 Å². The van der Waals surface area contributed by atoms with Gasteiger partial charge in [0.25, 0.3) is 5.56 Å². The Morgan fingerprint density at radius 1 is 1.25 bits per heavy atom. The molecule has 0 saturated heterocycles. The molecule has 0 radical (unpaired) electrons. The van der Waals surface area contributed by atoms with Crippen LogP contribution >= 0.6 is 0 Å². The molecule has 24 heavy (non-hydrogen) atoms. The number of aromatic nitrogens is 5. The van der Waals surface area contributed by atoms with Gasteiger partial charge in [0, 0.05) is 29.2 Å². The molecular formula is C17H16N6O. The lowest BCUT2D eigenvalue weighted by atomic mass is 10.1. The maximum absolute atomic E-state index is 12.5. The number of benzene rings is 1. The maximum Gasteiger partial charge on any atom is 0.275 e. The first-order valence-electron chi connectivity index (χ1n) is 7.76. The third-order valence-corrected chi connectivity index (χ3v) is 4.02. The third kappa shape index (κ3) is 2.35. The molecule has 0 aliphatic rings. The highest BCUT2D eigenvalue weighted by Crippen LogP contribution is 2.28. The fourth-order valence-electron chi connectivity index (χ4n) is 2.90. The second-order valence-corrected chi connectivity index (χ2v) is 5.57. The molecule has 7 nitrogen and oxygen atoms in total. The van der Waals surface area contributed by atoms with Crippen molar-refractivity contribution in [3.8, 4) is 11.3 Å². The molecule has 3 aromatic heterocycles. The molecule has 0 amide bonds. The standard InChI is InChI=1S/C17H16N6O/c18-6-3-7-23-9-12(11-4-1-2-5-14(11)23)15-17(24)21-13-8-19-10-20-16(13)22-15/h1-2,4-5,8-10H,3,6-7,18H2,(H,21,24). The van der Waals surface area contributed by atoms with Crippen LogP contribution in [0.1, 0.15) is 6.42 Å². The zero-order valence-corrected chi connectivity index (χ0v) is 12.9. The van der Waals surface area contributed by atoms with E-state index >= 15 is 0 Å². The summed E-state index contributed by atoms with van der Waals surface area (Å²) in [5.41, 5.74) is 8.60. The molecule has 4 rings (SSSR count). The van der Waals surface area contributed by atoms with Crippen LogP contribution in [0.4, 0.5) is 0 Å². The normalized spacial score (nSPS) is 11.4. The number of aryl methyl sites for hydroxylation is 1. The first kappa shape index (κ1) is 14.5. The fraction of sp³-hybridized carbons (Fsp3) is 0.176. The summed E-state index contributed by atoms with van der Waals surface area (Å²) in [7, 11) is 0. The van der Waals surface area contributed by atoms with E-state index < -0.39 is 0 Å². The summed E-state index contributed by atoms with van der Waals surface area (Å²) in [6.45, 7) is 1.41. The predicted molar refractivity (Wildman–Crippen MR) is 92.6 cm³/mol. The van der Waals surface area contributed by atoms with E-state index in [1.165, 1.54) is 6.33 Å². The van der Waals surface area contributed by atoms with Crippen molar-refractivity contribution in [3.05, 3.63) is 53.3 Å². The summed E-state index contributed by atoms with van der Waals surface area (Å²) < 4.78 is 2.11. The minimum absolute atomic E-state index is 0.251. The van der Waals surface area contributed by atoms with Crippen LogP contribution in [0.15, 0.2) is 47.8 Å². The minimum Gasteiger partial charge on any atom is -0.347 e. The van der Waals surface area contributed by atoms with Gasteiger partial charge in [-0.1, -0.05) is 18.2 Å². The second kappa shape index (κ2) is 5.86. The first-order chi connectivity index (χ1) is 11.8. The highest BCUT2D eigenvalue weighted by molar-refractivity contribution is 5.95. The van der Waals surface area contributed by atoms with Gasteiger partial charge in [0.1, 0.15) is 17.5 Å². The van der Waals surface area contributed by atoms with Crippen LogP contribution in [-0.2, 0) is 6.54 Å². The topological polar surface area (TPSA) is 102 Å². The van der Waals surface area contributed by atoms with Gasteiger partial charge < -0.3 is 15.3 Å². The summed E-state index contributed by atoms with van der Waals surface area (Å²) in [4.78, 5) is 27.8. The number of hydrogen-bond donors (Lipinski definition) is 2. The highest BCUT2D eigenvalue weighted by atomic mass is 16.1. The van der Waals surface area contributed by atoms with Crippen LogP contribution in [0, 0.1) is 0 Å². The van der Waals surface area contributed by atoms with Gasteiger partial charge >= 0.3 is 0 Å². The summed E-state index contributed by atoms with van der Waals surface area (Å²) >= 11 is 0. The summed E-state index contributed by atoms with van der Waals surface area (Å²) in [6, 6.07) is 7.97. The number of fused-ring (bicyclic) bond motifs is 2. The molecule has 0 fully saturated rings. The smallest absolute Gasteiger partial charge is 0.275 e. The van der Waals surface area contributed by atoms with E-state index in [2.05, 4.69) is 24.5 Å². The van der Waals surface area contributed by atoms with E-state index in [-0.39, 0.29) is 5.56 Å². The Labute approximate surface area is 137 Å². The Morgan fingerprint density at radius 3 is 3.00 bits per heavy atom. The van der Waals surface area contributed by atoms with Crippen molar-refractivity contribution in [2.75, 3.05) is 6.54 Å². The lowest BCUT2D eigenvalue weighted by Gasteiger charge is -2.02. The fourth-order valence-corrected chi connectivity index (χ4v) is 2.90. The lowest BCUT2D eigenvalue weighted by Crippen LogP contribution is -2.12. The van der Waals surface area contributed by atoms with Crippen LogP contribution in [0.5, 0.6) is 0 Å². The Bertz CT molecular complexity index is 1080. The Balaban J connectivity index is 1.96. The quantitative estimate of drug-likeness (QED) is 0.595. The van der Waals surface area contributed by atoms with Crippen molar-refractivity contribution in [3.63, 3.8) is 0 Å². The number of para-hydroxylation sites is 1. The van der Waals surface area contributed by atoms with Crippen molar-refractivity contribution in [1.29, 1.82) is 0 Å². The van der Waals surface area contributed by atoms with Crippen molar-refractivity contribution < 1.29 is 0 Å². The van der Waals surface area contributed by atoms with Crippen molar-refractivity contribution in [2.45, 2.75) is 13.0 Å².